The van der Waals surface area contributed by atoms with E-state index in [1.165, 1.54) is 5.56 Å². The van der Waals surface area contributed by atoms with Gasteiger partial charge in [0.1, 0.15) is 0 Å². The van der Waals surface area contributed by atoms with Gasteiger partial charge in [0.15, 0.2) is 0 Å². The first-order chi connectivity index (χ1) is 13.0. The lowest BCUT2D eigenvalue weighted by atomic mass is 10.1. The van der Waals surface area contributed by atoms with Crippen LogP contribution in [0.3, 0.4) is 0 Å². The zero-order valence-electron chi connectivity index (χ0n) is 15.6. The highest BCUT2D eigenvalue weighted by Gasteiger charge is 2.21. The fraction of sp³-hybridized carbons (Fsp3) is 0.364. The monoisotopic (exact) mass is 384 g/mol. The molecule has 0 spiro atoms. The van der Waals surface area contributed by atoms with Crippen LogP contribution >= 0.6 is 11.6 Å². The summed E-state index contributed by atoms with van der Waals surface area (Å²) in [4.78, 5) is 27.1. The molecule has 2 aromatic rings. The molecule has 0 bridgehead atoms. The van der Waals surface area contributed by atoms with Crippen molar-refractivity contribution in [2.24, 2.45) is 0 Å². The van der Waals surface area contributed by atoms with Crippen molar-refractivity contribution < 1.29 is 9.59 Å². The molecular formula is C22H25ClN2O2. The van der Waals surface area contributed by atoms with Crippen molar-refractivity contribution in [2.75, 3.05) is 18.4 Å². The van der Waals surface area contributed by atoms with E-state index in [4.69, 9.17) is 11.6 Å². The van der Waals surface area contributed by atoms with Crippen LogP contribution in [0.4, 0.5) is 5.69 Å². The number of hydrogen-bond donors (Lipinski definition) is 1. The molecule has 1 fully saturated rings. The lowest BCUT2D eigenvalue weighted by molar-refractivity contribution is -0.116. The van der Waals surface area contributed by atoms with E-state index in [-0.39, 0.29) is 11.8 Å². The number of aryl methyl sites for hydroxylation is 2. The Morgan fingerprint density at radius 2 is 1.74 bits per heavy atom. The van der Waals surface area contributed by atoms with E-state index < -0.39 is 0 Å². The van der Waals surface area contributed by atoms with E-state index in [1.54, 1.807) is 18.2 Å². The molecule has 5 heteroatoms. The number of rotatable bonds is 5. The molecule has 0 aliphatic carbocycles. The lowest BCUT2D eigenvalue weighted by Gasteiger charge is -2.27. The van der Waals surface area contributed by atoms with Crippen molar-refractivity contribution in [3.05, 3.63) is 64.2 Å². The minimum absolute atomic E-state index is 0.0415. The molecule has 0 saturated carbocycles. The van der Waals surface area contributed by atoms with E-state index in [2.05, 4.69) is 5.32 Å². The highest BCUT2D eigenvalue weighted by molar-refractivity contribution is 6.31. The second-order valence-corrected chi connectivity index (χ2v) is 7.51. The summed E-state index contributed by atoms with van der Waals surface area (Å²) in [5, 5.41) is 3.38. The molecule has 142 valence electrons. The van der Waals surface area contributed by atoms with E-state index in [1.807, 2.05) is 36.1 Å². The predicted molar refractivity (Wildman–Crippen MR) is 109 cm³/mol. The Hall–Kier alpha value is -2.33. The molecule has 0 unspecified atom stereocenters. The van der Waals surface area contributed by atoms with Crippen LogP contribution in [0, 0.1) is 6.92 Å². The number of anilines is 1. The summed E-state index contributed by atoms with van der Waals surface area (Å²) < 4.78 is 0. The third kappa shape index (κ3) is 5.33. The van der Waals surface area contributed by atoms with Crippen molar-refractivity contribution in [3.63, 3.8) is 0 Å². The van der Waals surface area contributed by atoms with Gasteiger partial charge in [0.25, 0.3) is 5.91 Å². The summed E-state index contributed by atoms with van der Waals surface area (Å²) in [5.74, 6) is -0.161. The fourth-order valence-electron chi connectivity index (χ4n) is 3.30. The molecule has 27 heavy (non-hydrogen) atoms. The van der Waals surface area contributed by atoms with Crippen LogP contribution in [0.2, 0.25) is 5.02 Å². The number of piperidine rings is 1. The molecule has 0 radical (unpaired) electrons. The number of halogens is 1. The Morgan fingerprint density at radius 3 is 2.44 bits per heavy atom. The van der Waals surface area contributed by atoms with Crippen LogP contribution in [0.15, 0.2) is 42.5 Å². The molecule has 1 aliphatic heterocycles. The molecule has 1 aliphatic rings. The number of benzene rings is 2. The van der Waals surface area contributed by atoms with Gasteiger partial charge < -0.3 is 10.2 Å². The van der Waals surface area contributed by atoms with Crippen molar-refractivity contribution in [1.29, 1.82) is 0 Å². The summed E-state index contributed by atoms with van der Waals surface area (Å²) >= 11 is 6.10. The Labute approximate surface area is 165 Å². The average molecular weight is 385 g/mol. The van der Waals surface area contributed by atoms with Crippen molar-refractivity contribution in [3.8, 4) is 0 Å². The Morgan fingerprint density at radius 1 is 1.04 bits per heavy atom. The van der Waals surface area contributed by atoms with Crippen molar-refractivity contribution in [1.82, 2.24) is 4.90 Å². The summed E-state index contributed by atoms with van der Waals surface area (Å²) in [7, 11) is 0. The molecule has 4 nitrogen and oxygen atoms in total. The molecule has 3 rings (SSSR count). The number of carbonyl (C=O) groups is 2. The van der Waals surface area contributed by atoms with E-state index in [0.717, 1.165) is 37.9 Å². The second-order valence-electron chi connectivity index (χ2n) is 7.08. The maximum absolute atomic E-state index is 12.9. The first kappa shape index (κ1) is 19.4. The van der Waals surface area contributed by atoms with Crippen LogP contribution in [-0.2, 0) is 11.2 Å². The normalized spacial score (nSPS) is 14.1. The Bertz CT molecular complexity index is 812. The highest BCUT2D eigenvalue weighted by atomic mass is 35.5. The Balaban J connectivity index is 1.67. The van der Waals surface area contributed by atoms with Gasteiger partial charge in [0, 0.05) is 24.5 Å². The van der Waals surface area contributed by atoms with Crippen LogP contribution in [0.1, 0.15) is 47.2 Å². The zero-order valence-corrected chi connectivity index (χ0v) is 16.4. The van der Waals surface area contributed by atoms with Crippen molar-refractivity contribution in [2.45, 2.75) is 39.0 Å². The maximum atomic E-state index is 12.9. The number of likely N-dealkylation sites (tertiary alicyclic amines) is 1. The minimum atomic E-state index is -0.120. The fourth-order valence-corrected chi connectivity index (χ4v) is 3.47. The minimum Gasteiger partial charge on any atom is -0.339 e. The van der Waals surface area contributed by atoms with Gasteiger partial charge in [-0.2, -0.15) is 0 Å². The largest absolute Gasteiger partial charge is 0.339 e. The van der Waals surface area contributed by atoms with Gasteiger partial charge >= 0.3 is 0 Å². The maximum Gasteiger partial charge on any atom is 0.255 e. The molecule has 2 amide bonds. The summed E-state index contributed by atoms with van der Waals surface area (Å²) in [6.07, 6.45) is 4.22. The quantitative estimate of drug-likeness (QED) is 0.801. The van der Waals surface area contributed by atoms with E-state index in [9.17, 15) is 9.59 Å². The van der Waals surface area contributed by atoms with Gasteiger partial charge in [-0.05, 0) is 56.4 Å². The van der Waals surface area contributed by atoms with Crippen LogP contribution in [0.5, 0.6) is 0 Å². The third-order valence-electron chi connectivity index (χ3n) is 4.89. The number of nitrogens with one attached hydrogen (secondary N) is 1. The lowest BCUT2D eigenvalue weighted by Crippen LogP contribution is -2.36. The first-order valence-corrected chi connectivity index (χ1v) is 9.85. The average Bonchev–Trinajstić information content (AvgIpc) is 2.68. The highest BCUT2D eigenvalue weighted by Crippen LogP contribution is 2.24. The van der Waals surface area contributed by atoms with Crippen LogP contribution in [0.25, 0.3) is 0 Å². The molecule has 0 atom stereocenters. The van der Waals surface area contributed by atoms with Gasteiger partial charge in [-0.1, -0.05) is 41.4 Å². The topological polar surface area (TPSA) is 49.4 Å². The third-order valence-corrected chi connectivity index (χ3v) is 5.13. The number of carbonyl (C=O) groups excluding carboxylic acids is 2. The molecule has 0 aromatic heterocycles. The standard InChI is InChI=1S/C22H25ClN2O2/c1-16-5-7-17(8-6-16)9-12-21(26)24-20-15-18(23)10-11-19(20)22(27)25-13-3-2-4-14-25/h5-8,10-11,15H,2-4,9,12-14H2,1H3,(H,24,26). The smallest absolute Gasteiger partial charge is 0.255 e. The van der Waals surface area contributed by atoms with Crippen LogP contribution < -0.4 is 5.32 Å². The molecule has 1 saturated heterocycles. The van der Waals surface area contributed by atoms with Gasteiger partial charge in [-0.25, -0.2) is 0 Å². The van der Waals surface area contributed by atoms with Crippen LogP contribution in [-0.4, -0.2) is 29.8 Å². The van der Waals surface area contributed by atoms with Gasteiger partial charge in [0.2, 0.25) is 5.91 Å². The van der Waals surface area contributed by atoms with Gasteiger partial charge in [0.05, 0.1) is 11.3 Å². The molecule has 2 aromatic carbocycles. The predicted octanol–water partition coefficient (Wildman–Crippen LogP) is 4.85. The first-order valence-electron chi connectivity index (χ1n) is 9.47. The molecule has 1 N–H and O–H groups in total. The Kier molecular flexibility index (Phi) is 6.51. The number of amides is 2. The summed E-state index contributed by atoms with van der Waals surface area (Å²) in [6, 6.07) is 13.2. The zero-order chi connectivity index (χ0) is 19.2. The molecular weight excluding hydrogens is 360 g/mol. The van der Waals surface area contributed by atoms with Gasteiger partial charge in [-0.3, -0.25) is 9.59 Å². The van der Waals surface area contributed by atoms with E-state index >= 15 is 0 Å². The number of nitrogens with zero attached hydrogens (tertiary/aromatic N) is 1. The molecule has 1 heterocycles. The van der Waals surface area contributed by atoms with Crippen molar-refractivity contribution >= 4 is 29.1 Å². The van der Waals surface area contributed by atoms with E-state index in [0.29, 0.717) is 29.1 Å². The summed E-state index contributed by atoms with van der Waals surface area (Å²) in [5.41, 5.74) is 3.31. The SMILES string of the molecule is Cc1ccc(CCC(=O)Nc2cc(Cl)ccc2C(=O)N2CCCCC2)cc1. The van der Waals surface area contributed by atoms with Gasteiger partial charge in [-0.15, -0.1) is 0 Å². The summed E-state index contributed by atoms with van der Waals surface area (Å²) in [6.45, 7) is 3.57. The second kappa shape index (κ2) is 9.05. The number of hydrogen-bond acceptors (Lipinski definition) is 2.